The van der Waals surface area contributed by atoms with E-state index in [0.29, 0.717) is 11.5 Å². The normalized spacial score (nSPS) is 11.0. The summed E-state index contributed by atoms with van der Waals surface area (Å²) in [6.45, 7) is 1.42. The Morgan fingerprint density at radius 2 is 1.62 bits per heavy atom. The molecule has 6 nitrogen and oxygen atoms in total. The Hall–Kier alpha value is -3.23. The van der Waals surface area contributed by atoms with Gasteiger partial charge in [-0.05, 0) is 31.2 Å². The maximum absolute atomic E-state index is 13.1. The molecule has 0 fully saturated rings. The number of rotatable bonds is 7. The summed E-state index contributed by atoms with van der Waals surface area (Å²) in [5.74, 6) is -0.435. The third-order valence-corrected chi connectivity index (χ3v) is 4.11. The molecule has 1 N–H and O–H groups in total. The van der Waals surface area contributed by atoms with Crippen LogP contribution < -0.4 is 14.8 Å². The Bertz CT molecular complexity index is 862. The molecule has 9 heteroatoms. The van der Waals surface area contributed by atoms with Gasteiger partial charge in [0.05, 0.1) is 25.5 Å². The number of hydrogen-bond acceptors (Lipinski definition) is 4. The summed E-state index contributed by atoms with van der Waals surface area (Å²) >= 11 is 0. The summed E-state index contributed by atoms with van der Waals surface area (Å²) in [5, 5.41) is 2.23. The average molecular weight is 410 g/mol. The zero-order valence-corrected chi connectivity index (χ0v) is 16.2. The smallest absolute Gasteiger partial charge is 0.418 e. The molecule has 29 heavy (non-hydrogen) atoms. The van der Waals surface area contributed by atoms with Crippen LogP contribution in [0.1, 0.15) is 22.8 Å². The molecule has 2 aromatic carbocycles. The fourth-order valence-corrected chi connectivity index (χ4v) is 2.64. The number of carbonyl (C=O) groups excluding carboxylic acids is 2. The van der Waals surface area contributed by atoms with Crippen LogP contribution in [0.2, 0.25) is 0 Å². The zero-order valence-electron chi connectivity index (χ0n) is 16.2. The predicted octanol–water partition coefficient (Wildman–Crippen LogP) is 3.82. The Morgan fingerprint density at radius 3 is 2.14 bits per heavy atom. The Kier molecular flexibility index (Phi) is 7.08. The number of ether oxygens (including phenoxy) is 2. The van der Waals surface area contributed by atoms with E-state index in [1.807, 2.05) is 0 Å². The molecule has 2 rings (SSSR count). The third kappa shape index (κ3) is 5.63. The largest absolute Gasteiger partial charge is 0.497 e. The van der Waals surface area contributed by atoms with E-state index in [0.717, 1.165) is 12.1 Å². The van der Waals surface area contributed by atoms with Crippen molar-refractivity contribution in [3.05, 3.63) is 53.6 Å². The quantitative estimate of drug-likeness (QED) is 0.754. The maximum atomic E-state index is 13.1. The molecule has 0 radical (unpaired) electrons. The molecular formula is C20H21F3N2O4. The van der Waals surface area contributed by atoms with Gasteiger partial charge in [-0.1, -0.05) is 12.1 Å². The number of benzene rings is 2. The summed E-state index contributed by atoms with van der Waals surface area (Å²) in [6.07, 6.45) is -4.61. The van der Waals surface area contributed by atoms with E-state index in [1.165, 1.54) is 43.4 Å². The monoisotopic (exact) mass is 410 g/mol. The van der Waals surface area contributed by atoms with Crippen molar-refractivity contribution < 1.29 is 32.2 Å². The summed E-state index contributed by atoms with van der Waals surface area (Å²) in [7, 11) is 2.87. The predicted molar refractivity (Wildman–Crippen MR) is 101 cm³/mol. The average Bonchev–Trinajstić information content (AvgIpc) is 2.70. The molecule has 0 aromatic heterocycles. The van der Waals surface area contributed by atoms with Gasteiger partial charge in [-0.3, -0.25) is 9.59 Å². The zero-order chi connectivity index (χ0) is 21.6. The van der Waals surface area contributed by atoms with Crippen molar-refractivity contribution in [1.82, 2.24) is 4.90 Å². The van der Waals surface area contributed by atoms with Crippen LogP contribution in [0.25, 0.3) is 0 Å². The molecular weight excluding hydrogens is 389 g/mol. The summed E-state index contributed by atoms with van der Waals surface area (Å²) in [5.41, 5.74) is -1.09. The molecule has 0 saturated heterocycles. The topological polar surface area (TPSA) is 67.9 Å². The van der Waals surface area contributed by atoms with Crippen LogP contribution >= 0.6 is 0 Å². The second-order valence-electron chi connectivity index (χ2n) is 6.01. The summed E-state index contributed by atoms with van der Waals surface area (Å²) in [4.78, 5) is 26.3. The third-order valence-electron chi connectivity index (χ3n) is 4.11. The number of methoxy groups -OCH3 is 2. The number of halogens is 3. The van der Waals surface area contributed by atoms with E-state index in [1.54, 1.807) is 13.0 Å². The first-order valence-corrected chi connectivity index (χ1v) is 8.68. The second-order valence-corrected chi connectivity index (χ2v) is 6.01. The minimum atomic E-state index is -4.61. The molecule has 0 atom stereocenters. The molecule has 0 saturated carbocycles. The van der Waals surface area contributed by atoms with Crippen LogP contribution in [-0.4, -0.2) is 44.0 Å². The van der Waals surface area contributed by atoms with Gasteiger partial charge >= 0.3 is 6.18 Å². The first-order valence-electron chi connectivity index (χ1n) is 8.68. The van der Waals surface area contributed by atoms with Gasteiger partial charge in [0.2, 0.25) is 5.91 Å². The van der Waals surface area contributed by atoms with E-state index >= 15 is 0 Å². The number of hydrogen-bond donors (Lipinski definition) is 1. The van der Waals surface area contributed by atoms with Crippen LogP contribution in [-0.2, 0) is 11.0 Å². The van der Waals surface area contributed by atoms with Crippen molar-refractivity contribution in [3.8, 4) is 11.5 Å². The number of anilines is 1. The van der Waals surface area contributed by atoms with Gasteiger partial charge < -0.3 is 19.7 Å². The Morgan fingerprint density at radius 1 is 1.03 bits per heavy atom. The first-order chi connectivity index (χ1) is 13.7. The van der Waals surface area contributed by atoms with Gasteiger partial charge in [0, 0.05) is 18.2 Å². The molecule has 0 spiro atoms. The number of nitrogens with zero attached hydrogens (tertiary/aromatic N) is 1. The SMILES string of the molecule is CCN(CC(=O)Nc1ccccc1C(F)(F)F)C(=O)c1cc(OC)cc(OC)c1. The van der Waals surface area contributed by atoms with Gasteiger partial charge in [-0.15, -0.1) is 0 Å². The van der Waals surface area contributed by atoms with Crippen LogP contribution in [0.3, 0.4) is 0 Å². The van der Waals surface area contributed by atoms with Crippen molar-refractivity contribution in [2.24, 2.45) is 0 Å². The highest BCUT2D eigenvalue weighted by molar-refractivity contribution is 6.00. The number of nitrogens with one attached hydrogen (secondary N) is 1. The van der Waals surface area contributed by atoms with Crippen molar-refractivity contribution in [2.45, 2.75) is 13.1 Å². The van der Waals surface area contributed by atoms with Crippen molar-refractivity contribution in [3.63, 3.8) is 0 Å². The van der Waals surface area contributed by atoms with Crippen molar-refractivity contribution >= 4 is 17.5 Å². The molecule has 0 aliphatic carbocycles. The van der Waals surface area contributed by atoms with Gasteiger partial charge in [0.15, 0.2) is 0 Å². The second kappa shape index (κ2) is 9.31. The molecule has 0 bridgehead atoms. The molecule has 2 amide bonds. The van der Waals surface area contributed by atoms with Crippen LogP contribution in [0.4, 0.5) is 18.9 Å². The summed E-state index contributed by atoms with van der Waals surface area (Å²) < 4.78 is 49.5. The molecule has 2 aromatic rings. The van der Waals surface area contributed by atoms with Gasteiger partial charge in [-0.25, -0.2) is 0 Å². The number of para-hydroxylation sites is 1. The number of likely N-dealkylation sites (N-methyl/N-ethyl adjacent to an activating group) is 1. The molecule has 0 unspecified atom stereocenters. The fourth-order valence-electron chi connectivity index (χ4n) is 2.64. The van der Waals surface area contributed by atoms with Crippen LogP contribution in [0.15, 0.2) is 42.5 Å². The van der Waals surface area contributed by atoms with E-state index in [2.05, 4.69) is 5.32 Å². The molecule has 0 aliphatic rings. The highest BCUT2D eigenvalue weighted by Crippen LogP contribution is 2.34. The lowest BCUT2D eigenvalue weighted by atomic mass is 10.1. The lowest BCUT2D eigenvalue weighted by Crippen LogP contribution is -2.38. The van der Waals surface area contributed by atoms with Crippen LogP contribution in [0.5, 0.6) is 11.5 Å². The van der Waals surface area contributed by atoms with Gasteiger partial charge in [-0.2, -0.15) is 13.2 Å². The van der Waals surface area contributed by atoms with Crippen molar-refractivity contribution in [2.75, 3.05) is 32.6 Å². The van der Waals surface area contributed by atoms with E-state index in [-0.39, 0.29) is 17.8 Å². The number of amides is 2. The number of carbonyl (C=O) groups is 2. The van der Waals surface area contributed by atoms with Crippen LogP contribution in [0, 0.1) is 0 Å². The first kappa shape index (κ1) is 22.1. The summed E-state index contributed by atoms with van der Waals surface area (Å²) in [6, 6.07) is 9.22. The minimum Gasteiger partial charge on any atom is -0.497 e. The molecule has 0 heterocycles. The van der Waals surface area contributed by atoms with E-state index in [4.69, 9.17) is 9.47 Å². The van der Waals surface area contributed by atoms with Gasteiger partial charge in [0.25, 0.3) is 5.91 Å². The van der Waals surface area contributed by atoms with E-state index < -0.39 is 30.1 Å². The molecule has 0 aliphatic heterocycles. The minimum absolute atomic E-state index is 0.173. The molecule has 156 valence electrons. The lowest BCUT2D eigenvalue weighted by molar-refractivity contribution is -0.137. The fraction of sp³-hybridized carbons (Fsp3) is 0.300. The highest BCUT2D eigenvalue weighted by atomic mass is 19.4. The van der Waals surface area contributed by atoms with Crippen molar-refractivity contribution in [1.29, 1.82) is 0 Å². The maximum Gasteiger partial charge on any atom is 0.418 e. The standard InChI is InChI=1S/C20H21F3N2O4/c1-4-25(19(27)13-9-14(28-2)11-15(10-13)29-3)12-18(26)24-17-8-6-5-7-16(17)20(21,22)23/h5-11H,4,12H2,1-3H3,(H,24,26). The number of alkyl halides is 3. The highest BCUT2D eigenvalue weighted by Gasteiger charge is 2.33. The Balaban J connectivity index is 2.18. The lowest BCUT2D eigenvalue weighted by Gasteiger charge is -2.21. The Labute approximate surface area is 166 Å². The van der Waals surface area contributed by atoms with E-state index in [9.17, 15) is 22.8 Å². The van der Waals surface area contributed by atoms with Gasteiger partial charge in [0.1, 0.15) is 18.0 Å².